The third-order valence-electron chi connectivity index (χ3n) is 3.53. The first-order valence-electron chi connectivity index (χ1n) is 6.54. The number of hydrogen-bond acceptors (Lipinski definition) is 2. The van der Waals surface area contributed by atoms with Gasteiger partial charge in [-0.15, -0.1) is 0 Å². The molecular weight excluding hydrogens is 222 g/mol. The minimum Gasteiger partial charge on any atom is -0.369 e. The fourth-order valence-electron chi connectivity index (χ4n) is 2.64. The van der Waals surface area contributed by atoms with Crippen molar-refractivity contribution < 1.29 is 4.74 Å². The standard InChI is InChI=1S/C16H17NO/c1-2-4-16-14-6-3-5-13(15(14)11-18-16)12-7-9-17-10-8-12/h3,5-10,16H,2,4,11H2,1H3/t16-/m1/s1. The molecular formula is C16H17NO. The zero-order chi connectivity index (χ0) is 12.4. The monoisotopic (exact) mass is 239 g/mol. The smallest absolute Gasteiger partial charge is 0.0833 e. The van der Waals surface area contributed by atoms with Crippen molar-refractivity contribution in [2.24, 2.45) is 0 Å². The van der Waals surface area contributed by atoms with Crippen LogP contribution in [0.2, 0.25) is 0 Å². The van der Waals surface area contributed by atoms with Gasteiger partial charge in [-0.05, 0) is 40.8 Å². The molecule has 2 aromatic rings. The Morgan fingerprint density at radius 3 is 2.83 bits per heavy atom. The number of benzene rings is 1. The van der Waals surface area contributed by atoms with Gasteiger partial charge in [0.2, 0.25) is 0 Å². The van der Waals surface area contributed by atoms with Crippen molar-refractivity contribution in [2.75, 3.05) is 0 Å². The molecule has 0 N–H and O–H groups in total. The zero-order valence-electron chi connectivity index (χ0n) is 10.6. The van der Waals surface area contributed by atoms with Crippen molar-refractivity contribution in [1.29, 1.82) is 0 Å². The average molecular weight is 239 g/mol. The van der Waals surface area contributed by atoms with E-state index in [1.807, 2.05) is 12.4 Å². The van der Waals surface area contributed by atoms with Gasteiger partial charge in [-0.1, -0.05) is 31.5 Å². The third-order valence-corrected chi connectivity index (χ3v) is 3.53. The maximum Gasteiger partial charge on any atom is 0.0833 e. The van der Waals surface area contributed by atoms with Gasteiger partial charge in [-0.2, -0.15) is 0 Å². The van der Waals surface area contributed by atoms with Crippen molar-refractivity contribution in [3.8, 4) is 11.1 Å². The molecule has 2 heteroatoms. The van der Waals surface area contributed by atoms with Crippen LogP contribution in [-0.4, -0.2) is 4.98 Å². The van der Waals surface area contributed by atoms with E-state index in [0.717, 1.165) is 19.4 Å². The van der Waals surface area contributed by atoms with Crippen molar-refractivity contribution in [2.45, 2.75) is 32.5 Å². The van der Waals surface area contributed by atoms with Crippen LogP contribution in [0.4, 0.5) is 0 Å². The second-order valence-electron chi connectivity index (χ2n) is 4.70. The number of hydrogen-bond donors (Lipinski definition) is 0. The minimum atomic E-state index is 0.284. The lowest BCUT2D eigenvalue weighted by molar-refractivity contribution is 0.0597. The molecule has 1 aliphatic rings. The predicted molar refractivity (Wildman–Crippen MR) is 72.1 cm³/mol. The largest absolute Gasteiger partial charge is 0.369 e. The SMILES string of the molecule is CCC[C@H]1OCc2c(-c3ccncc3)cccc21. The molecule has 0 unspecified atom stereocenters. The van der Waals surface area contributed by atoms with E-state index in [-0.39, 0.29) is 6.10 Å². The predicted octanol–water partition coefficient (Wildman–Crippen LogP) is 4.12. The van der Waals surface area contributed by atoms with Crippen molar-refractivity contribution in [1.82, 2.24) is 4.98 Å². The van der Waals surface area contributed by atoms with Gasteiger partial charge in [0.05, 0.1) is 12.7 Å². The second kappa shape index (κ2) is 4.91. The fraction of sp³-hybridized carbons (Fsp3) is 0.312. The van der Waals surface area contributed by atoms with Crippen LogP contribution in [0.5, 0.6) is 0 Å². The maximum absolute atomic E-state index is 5.91. The summed E-state index contributed by atoms with van der Waals surface area (Å²) in [5.74, 6) is 0. The molecule has 0 spiro atoms. The summed E-state index contributed by atoms with van der Waals surface area (Å²) in [6.07, 6.45) is 6.23. The molecule has 0 amide bonds. The van der Waals surface area contributed by atoms with Crippen molar-refractivity contribution in [3.05, 3.63) is 53.9 Å². The number of aromatic nitrogens is 1. The molecule has 18 heavy (non-hydrogen) atoms. The van der Waals surface area contributed by atoms with Crippen LogP contribution in [0.3, 0.4) is 0 Å². The Morgan fingerprint density at radius 2 is 2.06 bits per heavy atom. The van der Waals surface area contributed by atoms with Gasteiger partial charge in [0.15, 0.2) is 0 Å². The van der Waals surface area contributed by atoms with E-state index >= 15 is 0 Å². The molecule has 1 aromatic carbocycles. The molecule has 0 fully saturated rings. The van der Waals surface area contributed by atoms with Gasteiger partial charge in [-0.25, -0.2) is 0 Å². The van der Waals surface area contributed by atoms with Crippen LogP contribution in [0, 0.1) is 0 Å². The van der Waals surface area contributed by atoms with E-state index in [4.69, 9.17) is 4.74 Å². The first-order valence-corrected chi connectivity index (χ1v) is 6.54. The second-order valence-corrected chi connectivity index (χ2v) is 4.70. The fourth-order valence-corrected chi connectivity index (χ4v) is 2.64. The number of pyridine rings is 1. The molecule has 1 aromatic heterocycles. The summed E-state index contributed by atoms with van der Waals surface area (Å²) >= 11 is 0. The highest BCUT2D eigenvalue weighted by Crippen LogP contribution is 2.38. The van der Waals surface area contributed by atoms with E-state index in [0.29, 0.717) is 0 Å². The normalized spacial score (nSPS) is 17.7. The summed E-state index contributed by atoms with van der Waals surface area (Å²) in [6.45, 7) is 2.94. The molecule has 0 radical (unpaired) electrons. The summed E-state index contributed by atoms with van der Waals surface area (Å²) in [7, 11) is 0. The number of ether oxygens (including phenoxy) is 1. The highest BCUT2D eigenvalue weighted by molar-refractivity contribution is 5.69. The van der Waals surface area contributed by atoms with E-state index in [9.17, 15) is 0 Å². The minimum absolute atomic E-state index is 0.284. The Kier molecular flexibility index (Phi) is 3.11. The van der Waals surface area contributed by atoms with E-state index < -0.39 is 0 Å². The van der Waals surface area contributed by atoms with Crippen LogP contribution < -0.4 is 0 Å². The lowest BCUT2D eigenvalue weighted by Crippen LogP contribution is -1.94. The van der Waals surface area contributed by atoms with Crippen LogP contribution in [0.1, 0.15) is 37.0 Å². The van der Waals surface area contributed by atoms with Gasteiger partial charge >= 0.3 is 0 Å². The quantitative estimate of drug-likeness (QED) is 0.803. The van der Waals surface area contributed by atoms with E-state index in [1.165, 1.54) is 22.3 Å². The molecule has 3 rings (SSSR count). The molecule has 92 valence electrons. The number of nitrogens with zero attached hydrogens (tertiary/aromatic N) is 1. The Morgan fingerprint density at radius 1 is 1.22 bits per heavy atom. The lowest BCUT2D eigenvalue weighted by atomic mass is 9.94. The van der Waals surface area contributed by atoms with Gasteiger partial charge in [-0.3, -0.25) is 4.98 Å². The third kappa shape index (κ3) is 1.93. The van der Waals surface area contributed by atoms with Crippen LogP contribution >= 0.6 is 0 Å². The summed E-state index contributed by atoms with van der Waals surface area (Å²) in [4.78, 5) is 4.08. The Balaban J connectivity index is 2.04. The Bertz CT molecular complexity index is 536. The number of rotatable bonds is 3. The van der Waals surface area contributed by atoms with Crippen LogP contribution in [0.25, 0.3) is 11.1 Å². The van der Waals surface area contributed by atoms with Gasteiger partial charge in [0.25, 0.3) is 0 Å². The summed E-state index contributed by atoms with van der Waals surface area (Å²) in [5, 5.41) is 0. The average Bonchev–Trinajstić information content (AvgIpc) is 2.84. The zero-order valence-corrected chi connectivity index (χ0v) is 10.6. The molecule has 1 atom stereocenters. The molecule has 0 saturated carbocycles. The summed E-state index contributed by atoms with van der Waals surface area (Å²) in [6, 6.07) is 10.6. The molecule has 2 nitrogen and oxygen atoms in total. The molecule has 0 bridgehead atoms. The Hall–Kier alpha value is -1.67. The van der Waals surface area contributed by atoms with Crippen molar-refractivity contribution >= 4 is 0 Å². The Labute approximate surface area is 108 Å². The summed E-state index contributed by atoms with van der Waals surface area (Å²) in [5.41, 5.74) is 5.23. The van der Waals surface area contributed by atoms with Gasteiger partial charge < -0.3 is 4.74 Å². The first-order chi connectivity index (χ1) is 8.90. The number of fused-ring (bicyclic) bond motifs is 1. The van der Waals surface area contributed by atoms with Gasteiger partial charge in [0, 0.05) is 12.4 Å². The van der Waals surface area contributed by atoms with Crippen LogP contribution in [0.15, 0.2) is 42.7 Å². The van der Waals surface area contributed by atoms with Crippen LogP contribution in [-0.2, 0) is 11.3 Å². The lowest BCUT2D eigenvalue weighted by Gasteiger charge is -2.10. The molecule has 0 aliphatic carbocycles. The maximum atomic E-state index is 5.91. The molecule has 1 aliphatic heterocycles. The summed E-state index contributed by atoms with van der Waals surface area (Å²) < 4.78 is 5.91. The highest BCUT2D eigenvalue weighted by atomic mass is 16.5. The van der Waals surface area contributed by atoms with E-state index in [1.54, 1.807) is 0 Å². The van der Waals surface area contributed by atoms with Crippen molar-refractivity contribution in [3.63, 3.8) is 0 Å². The molecule has 0 saturated heterocycles. The topological polar surface area (TPSA) is 22.1 Å². The first kappa shape index (κ1) is 11.4. The molecule has 2 heterocycles. The van der Waals surface area contributed by atoms with E-state index in [2.05, 4.69) is 42.2 Å². The van der Waals surface area contributed by atoms with Gasteiger partial charge in [0.1, 0.15) is 0 Å². The highest BCUT2D eigenvalue weighted by Gasteiger charge is 2.24.